The molecule has 4 N–H and O–H groups in total. The molecule has 1 aliphatic carbocycles. The fourth-order valence-electron chi connectivity index (χ4n) is 6.84. The highest BCUT2D eigenvalue weighted by Crippen LogP contribution is 2.39. The maximum absolute atomic E-state index is 13.9. The van der Waals surface area contributed by atoms with Crippen LogP contribution in [-0.4, -0.2) is 80.1 Å². The number of benzene rings is 1. The number of nitrogens with one attached hydrogen (secondary N) is 3. The third kappa shape index (κ3) is 10.1. The second kappa shape index (κ2) is 14.9. The number of carbonyl (C=O) groups excluding carboxylic acids is 3. The molecule has 2 fully saturated rings. The Morgan fingerprint density at radius 1 is 1.00 bits per heavy atom. The minimum Gasteiger partial charge on any atom is -0.390 e. The number of fused-ring (bicyclic) bond motifs is 1. The summed E-state index contributed by atoms with van der Waals surface area (Å²) in [5.41, 5.74) is 0.0285. The van der Waals surface area contributed by atoms with Gasteiger partial charge in [-0.1, -0.05) is 70.4 Å². The predicted octanol–water partition coefficient (Wildman–Crippen LogP) is 3.30. The maximum Gasteiger partial charge on any atom is 0.243 e. The number of hydrogen-bond acceptors (Lipinski definition) is 6. The number of aliphatic hydroxyl groups is 1. The molecule has 10 nitrogen and oxygen atoms in total. The van der Waals surface area contributed by atoms with Gasteiger partial charge in [-0.25, -0.2) is 4.98 Å². The zero-order chi connectivity index (χ0) is 32.8. The van der Waals surface area contributed by atoms with Crippen LogP contribution in [-0.2, 0) is 27.3 Å². The maximum atomic E-state index is 13.9. The van der Waals surface area contributed by atoms with E-state index in [1.807, 2.05) is 71.9 Å². The van der Waals surface area contributed by atoms with E-state index < -0.39 is 23.6 Å². The number of carbonyl (C=O) groups is 3. The van der Waals surface area contributed by atoms with E-state index in [0.717, 1.165) is 31.4 Å². The van der Waals surface area contributed by atoms with Crippen LogP contribution < -0.4 is 16.0 Å². The molecule has 1 aromatic carbocycles. The third-order valence-electron chi connectivity index (χ3n) is 9.13. The van der Waals surface area contributed by atoms with E-state index >= 15 is 0 Å². The van der Waals surface area contributed by atoms with Gasteiger partial charge in [0.1, 0.15) is 12.6 Å². The topological polar surface area (TPSA) is 129 Å². The molecule has 4 rings (SSSR count). The first kappa shape index (κ1) is 34.6. The summed E-state index contributed by atoms with van der Waals surface area (Å²) in [5.74, 6) is 0.362. The summed E-state index contributed by atoms with van der Waals surface area (Å²) in [7, 11) is 0. The lowest BCUT2D eigenvalue weighted by Crippen LogP contribution is -2.62. The normalized spacial score (nSPS) is 22.9. The Morgan fingerprint density at radius 2 is 1.69 bits per heavy atom. The first-order chi connectivity index (χ1) is 21.2. The second-order valence-corrected chi connectivity index (χ2v) is 15.2. The molecule has 1 aliphatic heterocycles. The predicted molar refractivity (Wildman–Crippen MR) is 175 cm³/mol. The first-order valence-corrected chi connectivity index (χ1v) is 16.5. The van der Waals surface area contributed by atoms with Gasteiger partial charge >= 0.3 is 0 Å². The van der Waals surface area contributed by atoms with Crippen molar-refractivity contribution in [1.82, 2.24) is 30.4 Å². The van der Waals surface area contributed by atoms with Crippen molar-refractivity contribution in [1.29, 1.82) is 0 Å². The molecule has 1 aromatic heterocycles. The lowest BCUT2D eigenvalue weighted by atomic mass is 9.72. The number of rotatable bonds is 11. The van der Waals surface area contributed by atoms with E-state index in [1.54, 1.807) is 23.3 Å². The Kier molecular flexibility index (Phi) is 11.5. The Labute approximate surface area is 268 Å². The van der Waals surface area contributed by atoms with Crippen molar-refractivity contribution in [3.05, 3.63) is 54.6 Å². The number of amides is 3. The van der Waals surface area contributed by atoms with Crippen LogP contribution in [0.5, 0.6) is 0 Å². The van der Waals surface area contributed by atoms with Crippen molar-refractivity contribution in [2.75, 3.05) is 13.1 Å². The summed E-state index contributed by atoms with van der Waals surface area (Å²) in [5, 5.41) is 21.1. The molecule has 2 heterocycles. The number of hydrogen-bond donors (Lipinski definition) is 4. The van der Waals surface area contributed by atoms with Gasteiger partial charge in [-0.2, -0.15) is 0 Å². The standard InChI is InChI=1S/C35H54N6O4/c1-34(2,3)31(38-30(43)22-40-17-16-36-23-40)33(45)37-27(18-24-12-8-7-9-13-24)29(42)21-41-20-26-15-11-10-14-25(26)19-28(41)32(44)39-35(4,5)6/h7-9,12-13,16-17,23,25-29,31,42H,10-11,14-15,18-22H2,1-6H3,(H,37,45)(H,38,43)(H,39,44)/t25?,26?,27-,28-,29+,31+/m0/s1. The van der Waals surface area contributed by atoms with Crippen LogP contribution in [0.2, 0.25) is 0 Å². The quantitative estimate of drug-likeness (QED) is 0.305. The van der Waals surface area contributed by atoms with Crippen LogP contribution in [0.25, 0.3) is 0 Å². The largest absolute Gasteiger partial charge is 0.390 e. The Balaban J connectivity index is 1.54. The second-order valence-electron chi connectivity index (χ2n) is 15.2. The number of imidazole rings is 1. The lowest BCUT2D eigenvalue weighted by molar-refractivity contribution is -0.134. The van der Waals surface area contributed by atoms with Crippen molar-refractivity contribution in [2.45, 2.75) is 116 Å². The number of aromatic nitrogens is 2. The Bertz CT molecular complexity index is 1250. The van der Waals surface area contributed by atoms with E-state index in [-0.39, 0.29) is 42.4 Å². The molecule has 2 aromatic rings. The molecule has 45 heavy (non-hydrogen) atoms. The number of nitrogens with zero attached hydrogens (tertiary/aromatic N) is 3. The molecule has 10 heteroatoms. The zero-order valence-electron chi connectivity index (χ0n) is 28.0. The van der Waals surface area contributed by atoms with Crippen molar-refractivity contribution in [3.63, 3.8) is 0 Å². The SMILES string of the molecule is CC(C)(C)NC(=O)[C@@H]1CC2CCCCC2CN1C[C@@H](O)[C@H](Cc1ccccc1)NC(=O)[C@@H](NC(=O)Cn1ccnc1)C(C)(C)C. The van der Waals surface area contributed by atoms with Crippen LogP contribution in [0, 0.1) is 17.3 Å². The molecule has 2 aliphatic rings. The minimum atomic E-state index is -0.943. The Morgan fingerprint density at radius 3 is 2.31 bits per heavy atom. The molecule has 0 radical (unpaired) electrons. The Hall–Kier alpha value is -3.24. The molecule has 2 unspecified atom stereocenters. The van der Waals surface area contributed by atoms with Crippen LogP contribution in [0.4, 0.5) is 0 Å². The van der Waals surface area contributed by atoms with E-state index in [9.17, 15) is 19.5 Å². The lowest BCUT2D eigenvalue weighted by Gasteiger charge is -2.47. The average Bonchev–Trinajstić information content (AvgIpc) is 3.47. The number of likely N-dealkylation sites (tertiary alicyclic amines) is 1. The summed E-state index contributed by atoms with van der Waals surface area (Å²) >= 11 is 0. The number of piperidine rings is 1. The molecule has 1 saturated heterocycles. The van der Waals surface area contributed by atoms with Crippen LogP contribution in [0.15, 0.2) is 49.1 Å². The summed E-state index contributed by atoms with van der Waals surface area (Å²) in [6.07, 6.45) is 9.80. The molecule has 1 saturated carbocycles. The summed E-state index contributed by atoms with van der Waals surface area (Å²) in [4.78, 5) is 46.6. The van der Waals surface area contributed by atoms with Gasteiger partial charge in [-0.05, 0) is 62.8 Å². The van der Waals surface area contributed by atoms with Crippen molar-refractivity contribution in [2.24, 2.45) is 17.3 Å². The fraction of sp³-hybridized carbons (Fsp3) is 0.657. The van der Waals surface area contributed by atoms with Crippen molar-refractivity contribution >= 4 is 17.7 Å². The van der Waals surface area contributed by atoms with Gasteiger partial charge in [0.05, 0.1) is 24.5 Å². The highest BCUT2D eigenvalue weighted by atomic mass is 16.3. The van der Waals surface area contributed by atoms with Crippen molar-refractivity contribution in [3.8, 4) is 0 Å². The highest BCUT2D eigenvalue weighted by Gasteiger charge is 2.42. The molecule has 0 spiro atoms. The van der Waals surface area contributed by atoms with Gasteiger partial charge < -0.3 is 25.6 Å². The molecule has 0 bridgehead atoms. The third-order valence-corrected chi connectivity index (χ3v) is 9.13. The van der Waals surface area contributed by atoms with Crippen molar-refractivity contribution < 1.29 is 19.5 Å². The van der Waals surface area contributed by atoms with Gasteiger partial charge in [0.25, 0.3) is 0 Å². The monoisotopic (exact) mass is 622 g/mol. The van der Waals surface area contributed by atoms with Gasteiger partial charge in [0.2, 0.25) is 17.7 Å². The first-order valence-electron chi connectivity index (χ1n) is 16.5. The molecule has 3 amide bonds. The zero-order valence-corrected chi connectivity index (χ0v) is 28.0. The van der Waals surface area contributed by atoms with Crippen LogP contribution >= 0.6 is 0 Å². The smallest absolute Gasteiger partial charge is 0.243 e. The average molecular weight is 623 g/mol. The van der Waals surface area contributed by atoms with Gasteiger partial charge in [0.15, 0.2) is 0 Å². The minimum absolute atomic E-state index is 0.00392. The summed E-state index contributed by atoms with van der Waals surface area (Å²) in [6, 6.07) is 7.97. The number of β-amino-alcohol motifs (C(OH)–C–C–N with tert-alkyl or cyclic N) is 1. The van der Waals surface area contributed by atoms with E-state index in [0.29, 0.717) is 18.3 Å². The molecule has 248 valence electrons. The fourth-order valence-corrected chi connectivity index (χ4v) is 6.84. The summed E-state index contributed by atoms with van der Waals surface area (Å²) in [6.45, 7) is 12.7. The van der Waals surface area contributed by atoms with Crippen LogP contribution in [0.1, 0.15) is 79.2 Å². The van der Waals surface area contributed by atoms with E-state index in [1.165, 1.54) is 12.8 Å². The number of aliphatic hydroxyl groups excluding tert-OH is 1. The van der Waals surface area contributed by atoms with E-state index in [2.05, 4.69) is 25.8 Å². The summed E-state index contributed by atoms with van der Waals surface area (Å²) < 4.78 is 1.65. The van der Waals surface area contributed by atoms with Crippen LogP contribution in [0.3, 0.4) is 0 Å². The molecular weight excluding hydrogens is 568 g/mol. The van der Waals surface area contributed by atoms with Gasteiger partial charge in [0, 0.05) is 31.0 Å². The molecular formula is C35H54N6O4. The van der Waals surface area contributed by atoms with Gasteiger partial charge in [-0.3, -0.25) is 19.3 Å². The van der Waals surface area contributed by atoms with E-state index in [4.69, 9.17) is 0 Å². The van der Waals surface area contributed by atoms with Gasteiger partial charge in [-0.15, -0.1) is 0 Å². The molecule has 6 atom stereocenters. The highest BCUT2D eigenvalue weighted by molar-refractivity contribution is 5.88.